The SMILES string of the molecule is Cn1c(N2CCN(Cc3cc(=O)n4ccsc4n3)CC2)nc2c1c(=O)[nH]c(=O)n2C. The molecule has 0 amide bonds. The van der Waals surface area contributed by atoms with Crippen molar-refractivity contribution in [2.24, 2.45) is 14.1 Å². The maximum Gasteiger partial charge on any atom is 0.329 e. The van der Waals surface area contributed by atoms with E-state index < -0.39 is 11.2 Å². The molecule has 0 atom stereocenters. The summed E-state index contributed by atoms with van der Waals surface area (Å²) in [5.41, 5.74) is 0.536. The Morgan fingerprint density at radius 1 is 1.07 bits per heavy atom. The van der Waals surface area contributed by atoms with Gasteiger partial charge in [-0.1, -0.05) is 0 Å². The molecule has 11 nitrogen and oxygen atoms in total. The molecule has 0 saturated carbocycles. The molecular weight excluding hydrogens is 408 g/mol. The van der Waals surface area contributed by atoms with Crippen LogP contribution >= 0.6 is 11.3 Å². The van der Waals surface area contributed by atoms with Crippen LogP contribution in [0.3, 0.4) is 0 Å². The predicted octanol–water partition coefficient (Wildman–Crippen LogP) is -0.648. The van der Waals surface area contributed by atoms with E-state index in [4.69, 9.17) is 0 Å². The van der Waals surface area contributed by atoms with E-state index in [0.29, 0.717) is 41.7 Å². The fourth-order valence-electron chi connectivity index (χ4n) is 3.88. The number of hydrogen-bond donors (Lipinski definition) is 1. The van der Waals surface area contributed by atoms with E-state index in [1.165, 1.54) is 15.9 Å². The van der Waals surface area contributed by atoms with Gasteiger partial charge in [-0.05, 0) is 0 Å². The van der Waals surface area contributed by atoms with Gasteiger partial charge >= 0.3 is 5.69 Å². The van der Waals surface area contributed by atoms with Crippen LogP contribution in [0, 0.1) is 0 Å². The Balaban J connectivity index is 1.36. The van der Waals surface area contributed by atoms with Crippen molar-refractivity contribution in [2.45, 2.75) is 6.54 Å². The molecule has 1 aliphatic rings. The number of nitrogens with one attached hydrogen (secondary N) is 1. The van der Waals surface area contributed by atoms with Crippen molar-refractivity contribution in [2.75, 3.05) is 31.1 Å². The minimum atomic E-state index is -0.479. The van der Waals surface area contributed by atoms with Crippen LogP contribution in [0.5, 0.6) is 0 Å². The molecule has 0 spiro atoms. The average Bonchev–Trinajstić information content (AvgIpc) is 3.32. The summed E-state index contributed by atoms with van der Waals surface area (Å²) in [5.74, 6) is 0.660. The van der Waals surface area contributed by atoms with Gasteiger partial charge in [0.25, 0.3) is 11.1 Å². The highest BCUT2D eigenvalue weighted by molar-refractivity contribution is 7.15. The number of imidazole rings is 1. The second-order valence-corrected chi connectivity index (χ2v) is 8.24. The van der Waals surface area contributed by atoms with Crippen molar-refractivity contribution < 1.29 is 0 Å². The van der Waals surface area contributed by atoms with Gasteiger partial charge in [0.2, 0.25) is 5.95 Å². The molecule has 4 aromatic heterocycles. The number of nitrogens with zero attached hydrogens (tertiary/aromatic N) is 7. The van der Waals surface area contributed by atoms with Gasteiger partial charge in [-0.2, -0.15) is 4.98 Å². The van der Waals surface area contributed by atoms with Crippen molar-refractivity contribution in [1.29, 1.82) is 0 Å². The number of aryl methyl sites for hydroxylation is 2. The van der Waals surface area contributed by atoms with E-state index in [1.54, 1.807) is 35.3 Å². The third kappa shape index (κ3) is 2.95. The van der Waals surface area contributed by atoms with E-state index in [9.17, 15) is 14.4 Å². The standard InChI is InChI=1S/C18H20N8O3S/c1-22-13-14(23(2)17(29)21-15(13)28)20-16(22)25-5-3-24(4-6-25)10-11-9-12(27)26-7-8-30-18(26)19-11/h7-9H,3-6,10H2,1-2H3,(H,21,28,29). The molecule has 5 rings (SSSR count). The Labute approximate surface area is 173 Å². The first kappa shape index (κ1) is 18.8. The number of piperazine rings is 1. The molecule has 0 aromatic carbocycles. The molecule has 4 aromatic rings. The van der Waals surface area contributed by atoms with Gasteiger partial charge in [-0.3, -0.25) is 28.4 Å². The number of anilines is 1. The van der Waals surface area contributed by atoms with Crippen LogP contribution in [0.4, 0.5) is 5.95 Å². The lowest BCUT2D eigenvalue weighted by atomic mass is 10.3. The molecule has 0 aliphatic carbocycles. The molecule has 0 bridgehead atoms. The molecule has 156 valence electrons. The summed E-state index contributed by atoms with van der Waals surface area (Å²) in [5, 5.41) is 1.85. The Morgan fingerprint density at radius 2 is 1.83 bits per heavy atom. The molecule has 1 fully saturated rings. The van der Waals surface area contributed by atoms with Crippen LogP contribution in [-0.4, -0.2) is 59.6 Å². The van der Waals surface area contributed by atoms with E-state index in [0.717, 1.165) is 18.8 Å². The van der Waals surface area contributed by atoms with E-state index in [-0.39, 0.29) is 5.56 Å². The van der Waals surface area contributed by atoms with Crippen molar-refractivity contribution in [1.82, 2.24) is 33.4 Å². The molecule has 1 saturated heterocycles. The zero-order valence-electron chi connectivity index (χ0n) is 16.5. The minimum absolute atomic E-state index is 0.0644. The van der Waals surface area contributed by atoms with Gasteiger partial charge in [0.15, 0.2) is 16.1 Å². The molecule has 12 heteroatoms. The van der Waals surface area contributed by atoms with Gasteiger partial charge in [-0.25, -0.2) is 9.78 Å². The Morgan fingerprint density at radius 3 is 2.60 bits per heavy atom. The topological polar surface area (TPSA) is 114 Å². The maximum absolute atomic E-state index is 12.2. The first-order valence-corrected chi connectivity index (χ1v) is 10.4. The molecule has 0 radical (unpaired) electrons. The summed E-state index contributed by atoms with van der Waals surface area (Å²) in [4.78, 5) is 52.8. The Bertz CT molecular complexity index is 1430. The minimum Gasteiger partial charge on any atom is -0.340 e. The van der Waals surface area contributed by atoms with Crippen LogP contribution in [-0.2, 0) is 20.6 Å². The zero-order valence-corrected chi connectivity index (χ0v) is 17.3. The lowest BCUT2D eigenvalue weighted by molar-refractivity contribution is 0.245. The van der Waals surface area contributed by atoms with Crippen LogP contribution in [0.25, 0.3) is 16.1 Å². The average molecular weight is 428 g/mol. The Kier molecular flexibility index (Phi) is 4.33. The summed E-state index contributed by atoms with van der Waals surface area (Å²) in [6.07, 6.45) is 1.73. The number of H-pyrrole nitrogens is 1. The largest absolute Gasteiger partial charge is 0.340 e. The number of hydrogen-bond acceptors (Lipinski definition) is 8. The van der Waals surface area contributed by atoms with Crippen molar-refractivity contribution in [3.05, 3.63) is 54.5 Å². The first-order chi connectivity index (χ1) is 14.4. The fraction of sp³-hybridized carbons (Fsp3) is 0.389. The monoisotopic (exact) mass is 428 g/mol. The number of rotatable bonds is 3. The normalized spacial score (nSPS) is 15.5. The summed E-state index contributed by atoms with van der Waals surface area (Å²) in [7, 11) is 3.37. The molecular formula is C18H20N8O3S. The molecule has 0 unspecified atom stereocenters. The lowest BCUT2D eigenvalue weighted by Gasteiger charge is -2.34. The number of fused-ring (bicyclic) bond motifs is 2. The summed E-state index contributed by atoms with van der Waals surface area (Å²) >= 11 is 1.44. The van der Waals surface area contributed by atoms with Gasteiger partial charge in [0.05, 0.1) is 5.69 Å². The third-order valence-electron chi connectivity index (χ3n) is 5.51. The third-order valence-corrected chi connectivity index (χ3v) is 6.26. The van der Waals surface area contributed by atoms with Gasteiger partial charge in [-0.15, -0.1) is 11.3 Å². The molecule has 1 aliphatic heterocycles. The number of aromatic nitrogens is 6. The van der Waals surface area contributed by atoms with E-state index in [2.05, 4.69) is 24.8 Å². The lowest BCUT2D eigenvalue weighted by Crippen LogP contribution is -2.47. The van der Waals surface area contributed by atoms with Gasteiger partial charge < -0.3 is 9.47 Å². The highest BCUT2D eigenvalue weighted by Crippen LogP contribution is 2.19. The summed E-state index contributed by atoms with van der Waals surface area (Å²) < 4.78 is 4.63. The van der Waals surface area contributed by atoms with Crippen molar-refractivity contribution >= 4 is 33.4 Å². The molecule has 1 N–H and O–H groups in total. The quantitative estimate of drug-likeness (QED) is 0.461. The van der Waals surface area contributed by atoms with Gasteiger partial charge in [0.1, 0.15) is 0 Å². The van der Waals surface area contributed by atoms with Crippen molar-refractivity contribution in [3.8, 4) is 0 Å². The first-order valence-electron chi connectivity index (χ1n) is 9.51. The highest BCUT2D eigenvalue weighted by atomic mass is 32.1. The van der Waals surface area contributed by atoms with Crippen LogP contribution in [0.1, 0.15) is 5.69 Å². The predicted molar refractivity (Wildman–Crippen MR) is 113 cm³/mol. The second kappa shape index (κ2) is 6.92. The summed E-state index contributed by atoms with van der Waals surface area (Å²) in [6.45, 7) is 3.56. The second-order valence-electron chi connectivity index (χ2n) is 7.37. The number of aromatic amines is 1. The fourth-order valence-corrected chi connectivity index (χ4v) is 4.62. The van der Waals surface area contributed by atoms with Crippen molar-refractivity contribution in [3.63, 3.8) is 0 Å². The zero-order chi connectivity index (χ0) is 21.0. The van der Waals surface area contributed by atoms with E-state index >= 15 is 0 Å². The Hall–Kier alpha value is -3.25. The summed E-state index contributed by atoms with van der Waals surface area (Å²) in [6, 6.07) is 1.59. The van der Waals surface area contributed by atoms with Crippen LogP contribution < -0.4 is 21.7 Å². The molecule has 5 heterocycles. The number of thiazole rings is 1. The van der Waals surface area contributed by atoms with Gasteiger partial charge in [0, 0.05) is 64.5 Å². The highest BCUT2D eigenvalue weighted by Gasteiger charge is 2.24. The van der Waals surface area contributed by atoms with Crippen LogP contribution in [0.15, 0.2) is 32.0 Å². The smallest absolute Gasteiger partial charge is 0.329 e. The molecule has 30 heavy (non-hydrogen) atoms. The van der Waals surface area contributed by atoms with Crippen LogP contribution in [0.2, 0.25) is 0 Å². The van der Waals surface area contributed by atoms with E-state index in [1.807, 2.05) is 5.38 Å². The maximum atomic E-state index is 12.2.